The summed E-state index contributed by atoms with van der Waals surface area (Å²) < 4.78 is 0. The van der Waals surface area contributed by atoms with E-state index in [1.807, 2.05) is 18.2 Å². The van der Waals surface area contributed by atoms with Gasteiger partial charge in [-0.05, 0) is 18.2 Å². The Bertz CT molecular complexity index is 465. The first-order valence-electron chi connectivity index (χ1n) is 7.38. The molecule has 0 aliphatic carbocycles. The summed E-state index contributed by atoms with van der Waals surface area (Å²) in [5.74, 6) is 0.0371. The van der Waals surface area contributed by atoms with E-state index in [1.165, 1.54) is 5.69 Å². The number of anilines is 1. The molecule has 1 amide bonds. The van der Waals surface area contributed by atoms with Gasteiger partial charge >= 0.3 is 0 Å². The highest BCUT2D eigenvalue weighted by Crippen LogP contribution is 2.20. The van der Waals surface area contributed by atoms with Crippen LogP contribution in [0.3, 0.4) is 0 Å². The van der Waals surface area contributed by atoms with Crippen molar-refractivity contribution in [3.05, 3.63) is 29.3 Å². The minimum absolute atomic E-state index is 0. The van der Waals surface area contributed by atoms with Gasteiger partial charge in [0.2, 0.25) is 5.91 Å². The van der Waals surface area contributed by atoms with Crippen LogP contribution in [0.1, 0.15) is 6.42 Å². The third kappa shape index (κ3) is 6.01. The lowest BCUT2D eigenvalue weighted by Crippen LogP contribution is -2.48. The van der Waals surface area contributed by atoms with E-state index in [0.29, 0.717) is 19.5 Å². The van der Waals surface area contributed by atoms with E-state index in [4.69, 9.17) is 17.3 Å². The van der Waals surface area contributed by atoms with Crippen molar-refractivity contribution >= 4 is 35.6 Å². The zero-order valence-electron chi connectivity index (χ0n) is 12.6. The Hall–Kier alpha value is -1.01. The highest BCUT2D eigenvalue weighted by molar-refractivity contribution is 6.30. The second kappa shape index (κ2) is 9.90. The number of piperazine rings is 1. The predicted octanol–water partition coefficient (Wildman–Crippen LogP) is 1.35. The van der Waals surface area contributed by atoms with Crippen molar-refractivity contribution in [3.8, 4) is 0 Å². The maximum absolute atomic E-state index is 11.3. The molecular weight excluding hydrogens is 323 g/mol. The van der Waals surface area contributed by atoms with E-state index in [2.05, 4.69) is 21.2 Å². The van der Waals surface area contributed by atoms with Crippen LogP contribution in [-0.4, -0.2) is 56.6 Å². The van der Waals surface area contributed by atoms with Crippen LogP contribution >= 0.6 is 24.0 Å². The molecule has 1 heterocycles. The monoisotopic (exact) mass is 346 g/mol. The molecule has 0 spiro atoms. The molecule has 1 aliphatic heterocycles. The fourth-order valence-electron chi connectivity index (χ4n) is 2.48. The van der Waals surface area contributed by atoms with Crippen LogP contribution in [0.2, 0.25) is 5.02 Å². The average molecular weight is 347 g/mol. The number of nitrogens with two attached hydrogens (primary N) is 1. The van der Waals surface area contributed by atoms with Gasteiger partial charge in [-0.1, -0.05) is 17.7 Å². The van der Waals surface area contributed by atoms with Gasteiger partial charge in [0.05, 0.1) is 0 Å². The lowest BCUT2D eigenvalue weighted by atomic mass is 10.2. The van der Waals surface area contributed by atoms with Crippen molar-refractivity contribution in [2.75, 3.05) is 50.7 Å². The second-order valence-electron chi connectivity index (χ2n) is 5.20. The van der Waals surface area contributed by atoms with Crippen molar-refractivity contribution in [2.24, 2.45) is 5.73 Å². The molecule has 1 saturated heterocycles. The number of nitrogens with one attached hydrogen (secondary N) is 1. The molecule has 1 aliphatic rings. The van der Waals surface area contributed by atoms with Gasteiger partial charge in [0, 0.05) is 62.9 Å². The van der Waals surface area contributed by atoms with Gasteiger partial charge in [-0.3, -0.25) is 9.69 Å². The molecule has 7 heteroatoms. The summed E-state index contributed by atoms with van der Waals surface area (Å²) in [7, 11) is 0. The second-order valence-corrected chi connectivity index (χ2v) is 5.63. The summed E-state index contributed by atoms with van der Waals surface area (Å²) in [5, 5.41) is 3.67. The van der Waals surface area contributed by atoms with Crippen LogP contribution in [0.15, 0.2) is 24.3 Å². The third-order valence-corrected chi connectivity index (χ3v) is 3.90. The van der Waals surface area contributed by atoms with Crippen LogP contribution in [0, 0.1) is 0 Å². The van der Waals surface area contributed by atoms with Gasteiger partial charge < -0.3 is 16.0 Å². The van der Waals surface area contributed by atoms with Gasteiger partial charge in [0.1, 0.15) is 0 Å². The van der Waals surface area contributed by atoms with Crippen LogP contribution in [0.4, 0.5) is 5.69 Å². The van der Waals surface area contributed by atoms with Crippen molar-refractivity contribution < 1.29 is 4.79 Å². The van der Waals surface area contributed by atoms with E-state index >= 15 is 0 Å². The van der Waals surface area contributed by atoms with E-state index in [9.17, 15) is 4.79 Å². The number of amides is 1. The zero-order chi connectivity index (χ0) is 15.1. The van der Waals surface area contributed by atoms with Crippen molar-refractivity contribution in [2.45, 2.75) is 6.42 Å². The molecule has 2 rings (SSSR count). The molecule has 5 nitrogen and oxygen atoms in total. The lowest BCUT2D eigenvalue weighted by Gasteiger charge is -2.36. The molecule has 0 radical (unpaired) electrons. The number of carbonyl (C=O) groups is 1. The highest BCUT2D eigenvalue weighted by Gasteiger charge is 2.17. The van der Waals surface area contributed by atoms with Crippen LogP contribution < -0.4 is 16.0 Å². The minimum Gasteiger partial charge on any atom is -0.369 e. The molecule has 22 heavy (non-hydrogen) atoms. The number of hydrogen-bond acceptors (Lipinski definition) is 4. The standard InChI is InChI=1S/C15H23ClN4O.ClH/c16-13-2-1-3-14(12-13)20-10-8-19(9-11-20)7-6-18-15(21)4-5-17;/h1-3,12H,4-11,17H2,(H,18,21);1H. The molecule has 0 unspecified atom stereocenters. The Kier molecular flexibility index (Phi) is 8.56. The van der Waals surface area contributed by atoms with Crippen molar-refractivity contribution in [1.82, 2.24) is 10.2 Å². The van der Waals surface area contributed by atoms with Crippen molar-refractivity contribution in [3.63, 3.8) is 0 Å². The number of nitrogens with zero attached hydrogens (tertiary/aromatic N) is 2. The summed E-state index contributed by atoms with van der Waals surface area (Å²) in [6, 6.07) is 7.97. The number of benzene rings is 1. The SMILES string of the molecule is Cl.NCCC(=O)NCCN1CCN(c2cccc(Cl)c2)CC1. The van der Waals surface area contributed by atoms with Gasteiger partial charge in [-0.15, -0.1) is 12.4 Å². The molecule has 0 bridgehead atoms. The maximum atomic E-state index is 11.3. The summed E-state index contributed by atoms with van der Waals surface area (Å²) in [5.41, 5.74) is 6.52. The average Bonchev–Trinajstić information content (AvgIpc) is 2.48. The minimum atomic E-state index is 0. The summed E-state index contributed by atoms with van der Waals surface area (Å²) in [6.45, 7) is 5.95. The normalized spacial score (nSPS) is 15.3. The first-order chi connectivity index (χ1) is 10.2. The van der Waals surface area contributed by atoms with Gasteiger partial charge in [0.15, 0.2) is 0 Å². The first kappa shape index (κ1) is 19.0. The van der Waals surface area contributed by atoms with E-state index < -0.39 is 0 Å². The predicted molar refractivity (Wildman–Crippen MR) is 94.0 cm³/mol. The largest absolute Gasteiger partial charge is 0.369 e. The van der Waals surface area contributed by atoms with Crippen molar-refractivity contribution in [1.29, 1.82) is 0 Å². The van der Waals surface area contributed by atoms with E-state index in [-0.39, 0.29) is 18.3 Å². The fraction of sp³-hybridized carbons (Fsp3) is 0.533. The molecule has 3 N–H and O–H groups in total. The number of rotatable bonds is 6. The van der Waals surface area contributed by atoms with E-state index in [0.717, 1.165) is 37.7 Å². The Morgan fingerprint density at radius 2 is 2.00 bits per heavy atom. The quantitative estimate of drug-likeness (QED) is 0.816. The Labute approximate surface area is 143 Å². The van der Waals surface area contributed by atoms with Crippen LogP contribution in [0.5, 0.6) is 0 Å². The molecular formula is C15H24Cl2N4O. The fourth-order valence-corrected chi connectivity index (χ4v) is 2.66. The third-order valence-electron chi connectivity index (χ3n) is 3.67. The molecule has 0 saturated carbocycles. The number of hydrogen-bond donors (Lipinski definition) is 2. The summed E-state index contributed by atoms with van der Waals surface area (Å²) >= 11 is 6.03. The molecule has 1 aromatic rings. The lowest BCUT2D eigenvalue weighted by molar-refractivity contribution is -0.120. The highest BCUT2D eigenvalue weighted by atomic mass is 35.5. The number of halogens is 2. The Morgan fingerprint density at radius 1 is 1.27 bits per heavy atom. The number of carbonyl (C=O) groups excluding carboxylic acids is 1. The van der Waals surface area contributed by atoms with E-state index in [1.54, 1.807) is 0 Å². The molecule has 124 valence electrons. The molecule has 1 fully saturated rings. The molecule has 0 aromatic heterocycles. The first-order valence-corrected chi connectivity index (χ1v) is 7.76. The molecule has 0 atom stereocenters. The maximum Gasteiger partial charge on any atom is 0.221 e. The molecule has 1 aromatic carbocycles. The van der Waals surface area contributed by atoms with Gasteiger partial charge in [0.25, 0.3) is 0 Å². The Balaban J connectivity index is 0.00000242. The topological polar surface area (TPSA) is 61.6 Å². The smallest absolute Gasteiger partial charge is 0.221 e. The van der Waals surface area contributed by atoms with Crippen LogP contribution in [-0.2, 0) is 4.79 Å². The Morgan fingerprint density at radius 3 is 2.64 bits per heavy atom. The summed E-state index contributed by atoms with van der Waals surface area (Å²) in [4.78, 5) is 16.0. The van der Waals surface area contributed by atoms with Gasteiger partial charge in [-0.25, -0.2) is 0 Å². The van der Waals surface area contributed by atoms with Crippen LogP contribution in [0.25, 0.3) is 0 Å². The zero-order valence-corrected chi connectivity index (χ0v) is 14.2. The van der Waals surface area contributed by atoms with Gasteiger partial charge in [-0.2, -0.15) is 0 Å². The summed E-state index contributed by atoms with van der Waals surface area (Å²) in [6.07, 6.45) is 0.405.